The van der Waals surface area contributed by atoms with Crippen molar-refractivity contribution in [3.05, 3.63) is 64.3 Å². The van der Waals surface area contributed by atoms with Crippen LogP contribution in [0.4, 0.5) is 0 Å². The summed E-state index contributed by atoms with van der Waals surface area (Å²) < 4.78 is 16.3. The minimum absolute atomic E-state index is 0.103. The molecule has 7 nitrogen and oxygen atoms in total. The normalized spacial score (nSPS) is 15.3. The van der Waals surface area contributed by atoms with Gasteiger partial charge in [-0.3, -0.25) is 9.89 Å². The summed E-state index contributed by atoms with van der Waals surface area (Å²) in [6.07, 6.45) is 0.707. The molecule has 1 N–H and O–H groups in total. The zero-order valence-corrected chi connectivity index (χ0v) is 18.4. The smallest absolute Gasteiger partial charge is 0.273 e. The zero-order chi connectivity index (χ0) is 22.0. The number of halogens is 1. The standard InChI is InChI=1S/C23H24ClN3O4/c1-29-12-4-11-27-22(17-13-16(30-2)9-10-18(17)31-3)19-20(25-26-21(19)23(27)28)14-5-7-15(24)8-6-14/h5-10,13,22H,4,11-12H2,1-3H3,(H,25,26). The van der Waals surface area contributed by atoms with E-state index in [0.717, 1.165) is 16.7 Å². The molecule has 1 atom stereocenters. The fourth-order valence-electron chi connectivity index (χ4n) is 4.01. The average molecular weight is 442 g/mol. The molecule has 0 radical (unpaired) electrons. The van der Waals surface area contributed by atoms with Crippen molar-refractivity contribution in [1.82, 2.24) is 15.1 Å². The van der Waals surface area contributed by atoms with Crippen molar-refractivity contribution < 1.29 is 19.0 Å². The van der Waals surface area contributed by atoms with Crippen molar-refractivity contribution in [2.75, 3.05) is 34.5 Å². The third-order valence-electron chi connectivity index (χ3n) is 5.46. The van der Waals surface area contributed by atoms with Gasteiger partial charge < -0.3 is 19.1 Å². The van der Waals surface area contributed by atoms with Gasteiger partial charge in [-0.05, 0) is 36.8 Å². The third-order valence-corrected chi connectivity index (χ3v) is 5.71. The lowest BCUT2D eigenvalue weighted by atomic mass is 9.95. The van der Waals surface area contributed by atoms with Gasteiger partial charge >= 0.3 is 0 Å². The number of fused-ring (bicyclic) bond motifs is 1. The number of nitrogens with one attached hydrogen (secondary N) is 1. The second kappa shape index (κ2) is 8.99. The Hall–Kier alpha value is -3.03. The topological polar surface area (TPSA) is 76.7 Å². The number of aromatic amines is 1. The van der Waals surface area contributed by atoms with E-state index in [2.05, 4.69) is 10.2 Å². The lowest BCUT2D eigenvalue weighted by Crippen LogP contribution is -2.31. The van der Waals surface area contributed by atoms with Gasteiger partial charge in [-0.2, -0.15) is 5.10 Å². The summed E-state index contributed by atoms with van der Waals surface area (Å²) in [5, 5.41) is 8.08. The molecule has 1 aliphatic rings. The highest BCUT2D eigenvalue weighted by Gasteiger charge is 2.43. The number of hydrogen-bond acceptors (Lipinski definition) is 5. The van der Waals surface area contributed by atoms with Gasteiger partial charge in [-0.25, -0.2) is 0 Å². The van der Waals surface area contributed by atoms with Crippen molar-refractivity contribution in [3.8, 4) is 22.8 Å². The summed E-state index contributed by atoms with van der Waals surface area (Å²) in [6.45, 7) is 1.09. The molecule has 31 heavy (non-hydrogen) atoms. The van der Waals surface area contributed by atoms with E-state index >= 15 is 0 Å². The Balaban J connectivity index is 1.88. The molecule has 2 heterocycles. The number of carbonyl (C=O) groups is 1. The highest BCUT2D eigenvalue weighted by molar-refractivity contribution is 6.30. The molecule has 1 aromatic heterocycles. The van der Waals surface area contributed by atoms with Gasteiger partial charge in [0, 0.05) is 42.0 Å². The van der Waals surface area contributed by atoms with E-state index in [1.807, 2.05) is 47.4 Å². The molecular formula is C23H24ClN3O4. The quantitative estimate of drug-likeness (QED) is 0.526. The first-order chi connectivity index (χ1) is 15.1. The molecule has 0 aliphatic carbocycles. The molecule has 0 spiro atoms. The molecule has 0 saturated carbocycles. The predicted octanol–water partition coefficient (Wildman–Crippen LogP) is 4.33. The maximum Gasteiger partial charge on any atom is 0.273 e. The Kier molecular flexibility index (Phi) is 6.15. The van der Waals surface area contributed by atoms with Gasteiger partial charge in [0.05, 0.1) is 26.0 Å². The number of carbonyl (C=O) groups excluding carboxylic acids is 1. The summed E-state index contributed by atoms with van der Waals surface area (Å²) in [5.41, 5.74) is 3.72. The molecule has 162 valence electrons. The molecule has 8 heteroatoms. The maximum atomic E-state index is 13.3. The Bertz CT molecular complexity index is 1080. The van der Waals surface area contributed by atoms with Gasteiger partial charge in [0.2, 0.25) is 0 Å². The summed E-state index contributed by atoms with van der Waals surface area (Å²) >= 11 is 6.07. The zero-order valence-electron chi connectivity index (χ0n) is 17.6. The lowest BCUT2D eigenvalue weighted by Gasteiger charge is -2.27. The Morgan fingerprint density at radius 1 is 1.10 bits per heavy atom. The van der Waals surface area contributed by atoms with Crippen molar-refractivity contribution in [3.63, 3.8) is 0 Å². The van der Waals surface area contributed by atoms with Crippen LogP contribution < -0.4 is 9.47 Å². The van der Waals surface area contributed by atoms with Crippen LogP contribution in [0, 0.1) is 0 Å². The van der Waals surface area contributed by atoms with Crippen LogP contribution in [0.2, 0.25) is 5.02 Å². The highest BCUT2D eigenvalue weighted by atomic mass is 35.5. The molecule has 1 unspecified atom stereocenters. The first-order valence-corrected chi connectivity index (χ1v) is 10.3. The SMILES string of the molecule is COCCCN1C(=O)c2[nH]nc(-c3ccc(Cl)cc3)c2C1c1cc(OC)ccc1OC. The van der Waals surface area contributed by atoms with Gasteiger partial charge in [-0.15, -0.1) is 0 Å². The molecule has 0 bridgehead atoms. The number of rotatable bonds is 8. The number of amides is 1. The van der Waals surface area contributed by atoms with E-state index in [1.165, 1.54) is 0 Å². The first-order valence-electron chi connectivity index (χ1n) is 9.95. The number of nitrogens with zero attached hydrogens (tertiary/aromatic N) is 2. The van der Waals surface area contributed by atoms with Crippen LogP contribution in [0.5, 0.6) is 11.5 Å². The molecule has 2 aromatic carbocycles. The van der Waals surface area contributed by atoms with Crippen LogP contribution >= 0.6 is 11.6 Å². The van der Waals surface area contributed by atoms with E-state index in [-0.39, 0.29) is 11.9 Å². The number of hydrogen-bond donors (Lipinski definition) is 1. The van der Waals surface area contributed by atoms with Gasteiger partial charge in [0.15, 0.2) is 0 Å². The van der Waals surface area contributed by atoms with Crippen molar-refractivity contribution >= 4 is 17.5 Å². The molecule has 1 aliphatic heterocycles. The van der Waals surface area contributed by atoms with E-state index in [1.54, 1.807) is 21.3 Å². The second-order valence-corrected chi connectivity index (χ2v) is 7.66. The number of H-pyrrole nitrogens is 1. The Labute approximate surface area is 185 Å². The number of aromatic nitrogens is 2. The van der Waals surface area contributed by atoms with E-state index < -0.39 is 0 Å². The van der Waals surface area contributed by atoms with Crippen LogP contribution in [-0.4, -0.2) is 55.5 Å². The van der Waals surface area contributed by atoms with Crippen molar-refractivity contribution in [1.29, 1.82) is 0 Å². The molecule has 3 aromatic rings. The second-order valence-electron chi connectivity index (χ2n) is 7.22. The molecular weight excluding hydrogens is 418 g/mol. The lowest BCUT2D eigenvalue weighted by molar-refractivity contribution is 0.0721. The summed E-state index contributed by atoms with van der Waals surface area (Å²) in [5.74, 6) is 1.25. The minimum Gasteiger partial charge on any atom is -0.497 e. The van der Waals surface area contributed by atoms with E-state index in [0.29, 0.717) is 47.5 Å². The third kappa shape index (κ3) is 3.86. The minimum atomic E-state index is -0.381. The van der Waals surface area contributed by atoms with Crippen molar-refractivity contribution in [2.45, 2.75) is 12.5 Å². The summed E-state index contributed by atoms with van der Waals surface area (Å²) in [7, 11) is 4.89. The van der Waals surface area contributed by atoms with Crippen LogP contribution in [0.3, 0.4) is 0 Å². The summed E-state index contributed by atoms with van der Waals surface area (Å²) in [4.78, 5) is 15.2. The molecule has 1 amide bonds. The number of methoxy groups -OCH3 is 3. The first kappa shape index (κ1) is 21.2. The van der Waals surface area contributed by atoms with Gasteiger partial charge in [0.1, 0.15) is 17.2 Å². The Morgan fingerprint density at radius 3 is 2.55 bits per heavy atom. The van der Waals surface area contributed by atoms with Crippen LogP contribution in [0.1, 0.15) is 34.1 Å². The predicted molar refractivity (Wildman–Crippen MR) is 118 cm³/mol. The van der Waals surface area contributed by atoms with Gasteiger partial charge in [0.25, 0.3) is 5.91 Å². The van der Waals surface area contributed by atoms with Gasteiger partial charge in [-0.1, -0.05) is 23.7 Å². The largest absolute Gasteiger partial charge is 0.497 e. The fourth-order valence-corrected chi connectivity index (χ4v) is 4.14. The monoisotopic (exact) mass is 441 g/mol. The van der Waals surface area contributed by atoms with Crippen LogP contribution in [0.15, 0.2) is 42.5 Å². The Morgan fingerprint density at radius 2 is 1.87 bits per heavy atom. The van der Waals surface area contributed by atoms with E-state index in [4.69, 9.17) is 25.8 Å². The average Bonchev–Trinajstić information content (AvgIpc) is 3.33. The molecule has 4 rings (SSSR count). The molecule has 0 saturated heterocycles. The van der Waals surface area contributed by atoms with Crippen LogP contribution in [-0.2, 0) is 4.74 Å². The number of ether oxygens (including phenoxy) is 3. The fraction of sp³-hybridized carbons (Fsp3) is 0.304. The summed E-state index contributed by atoms with van der Waals surface area (Å²) in [6, 6.07) is 12.6. The highest BCUT2D eigenvalue weighted by Crippen LogP contribution is 2.46. The number of benzene rings is 2. The molecule has 0 fully saturated rings. The van der Waals surface area contributed by atoms with E-state index in [9.17, 15) is 4.79 Å². The maximum absolute atomic E-state index is 13.3. The van der Waals surface area contributed by atoms with Crippen molar-refractivity contribution in [2.24, 2.45) is 0 Å². The van der Waals surface area contributed by atoms with Crippen LogP contribution in [0.25, 0.3) is 11.3 Å².